The van der Waals surface area contributed by atoms with Crippen LogP contribution >= 0.6 is 15.9 Å². The van der Waals surface area contributed by atoms with E-state index in [0.29, 0.717) is 47.9 Å². The van der Waals surface area contributed by atoms with Crippen molar-refractivity contribution in [2.45, 2.75) is 26.3 Å². The van der Waals surface area contributed by atoms with E-state index in [9.17, 15) is 14.7 Å². The number of hydrogen-bond donors (Lipinski definition) is 1. The Morgan fingerprint density at radius 2 is 2.15 bits per heavy atom. The molecule has 0 aliphatic carbocycles. The Labute approximate surface area is 201 Å². The fraction of sp³-hybridized carbons (Fsp3) is 0.360. The molecule has 174 valence electrons. The number of ketones is 1. The van der Waals surface area contributed by atoms with Gasteiger partial charge in [0.1, 0.15) is 17.2 Å². The van der Waals surface area contributed by atoms with Crippen molar-refractivity contribution in [1.29, 1.82) is 0 Å². The molecule has 0 aromatic heterocycles. The molecule has 2 aromatic carbocycles. The summed E-state index contributed by atoms with van der Waals surface area (Å²) in [6, 6.07) is 8.59. The Morgan fingerprint density at radius 3 is 2.91 bits per heavy atom. The number of likely N-dealkylation sites (tertiary alicyclic amines) is 1. The smallest absolute Gasteiger partial charge is 0.310 e. The van der Waals surface area contributed by atoms with Gasteiger partial charge < -0.3 is 19.3 Å². The molecular formula is C25H26BrNO6. The average Bonchev–Trinajstić information content (AvgIpc) is 3.12. The first-order chi connectivity index (χ1) is 15.9. The second kappa shape index (κ2) is 9.97. The summed E-state index contributed by atoms with van der Waals surface area (Å²) in [5, 5.41) is 10.6. The lowest BCUT2D eigenvalue weighted by Gasteiger charge is -2.31. The number of hydrogen-bond acceptors (Lipinski definition) is 7. The van der Waals surface area contributed by atoms with Gasteiger partial charge in [-0.1, -0.05) is 15.9 Å². The molecule has 0 saturated carbocycles. The molecule has 1 atom stereocenters. The number of benzene rings is 2. The number of Topliss-reactive ketones (excluding diaryl/α,β-unsaturated/α-hetero) is 1. The molecule has 4 rings (SSSR count). The van der Waals surface area contributed by atoms with Crippen molar-refractivity contribution in [3.63, 3.8) is 0 Å². The summed E-state index contributed by atoms with van der Waals surface area (Å²) in [4.78, 5) is 27.3. The summed E-state index contributed by atoms with van der Waals surface area (Å²) < 4.78 is 17.4. The van der Waals surface area contributed by atoms with Crippen LogP contribution < -0.4 is 9.47 Å². The van der Waals surface area contributed by atoms with Gasteiger partial charge in [0, 0.05) is 23.1 Å². The third-order valence-electron chi connectivity index (χ3n) is 5.90. The van der Waals surface area contributed by atoms with E-state index in [-0.39, 0.29) is 29.2 Å². The van der Waals surface area contributed by atoms with Crippen molar-refractivity contribution in [1.82, 2.24) is 4.90 Å². The maximum Gasteiger partial charge on any atom is 0.310 e. The summed E-state index contributed by atoms with van der Waals surface area (Å²) in [6.07, 6.45) is 3.28. The molecule has 8 heteroatoms. The monoisotopic (exact) mass is 515 g/mol. The first-order valence-corrected chi connectivity index (χ1v) is 11.7. The van der Waals surface area contributed by atoms with Crippen LogP contribution in [0.5, 0.6) is 17.2 Å². The molecule has 1 unspecified atom stereocenters. The highest BCUT2D eigenvalue weighted by Crippen LogP contribution is 2.41. The number of ether oxygens (including phenoxy) is 3. The molecule has 2 heterocycles. The van der Waals surface area contributed by atoms with Gasteiger partial charge in [-0.25, -0.2) is 0 Å². The Hall–Kier alpha value is -2.84. The number of halogens is 1. The average molecular weight is 516 g/mol. The zero-order chi connectivity index (χ0) is 23.5. The van der Waals surface area contributed by atoms with Crippen LogP contribution in [0.1, 0.15) is 41.3 Å². The summed E-state index contributed by atoms with van der Waals surface area (Å²) in [7, 11) is 1.57. The number of phenolic OH excluding ortho intramolecular Hbond substituents is 1. The predicted molar refractivity (Wildman–Crippen MR) is 126 cm³/mol. The van der Waals surface area contributed by atoms with Crippen molar-refractivity contribution in [3.05, 3.63) is 57.3 Å². The maximum atomic E-state index is 13.1. The number of piperidine rings is 1. The van der Waals surface area contributed by atoms with E-state index in [4.69, 9.17) is 14.2 Å². The number of phenols is 1. The predicted octanol–water partition coefficient (Wildman–Crippen LogP) is 4.55. The summed E-state index contributed by atoms with van der Waals surface area (Å²) >= 11 is 3.44. The van der Waals surface area contributed by atoms with Gasteiger partial charge in [0.15, 0.2) is 5.76 Å². The molecule has 0 radical (unpaired) electrons. The lowest BCUT2D eigenvalue weighted by atomic mass is 9.97. The van der Waals surface area contributed by atoms with Crippen molar-refractivity contribution in [2.75, 3.05) is 26.8 Å². The number of aromatic hydroxyl groups is 1. The van der Waals surface area contributed by atoms with Crippen molar-refractivity contribution in [2.24, 2.45) is 5.92 Å². The number of rotatable bonds is 6. The van der Waals surface area contributed by atoms with Gasteiger partial charge in [0.2, 0.25) is 5.78 Å². The van der Waals surface area contributed by atoms with Crippen LogP contribution in [0.2, 0.25) is 0 Å². The summed E-state index contributed by atoms with van der Waals surface area (Å²) in [6.45, 7) is 3.84. The minimum Gasteiger partial charge on any atom is -0.507 e. The molecule has 0 spiro atoms. The minimum atomic E-state index is -0.253. The standard InChI is InChI=1S/C25H26BrNO6/c1-3-32-25(30)15-5-4-10-27(13-15)14-19-20(28)8-7-18-23(29)22(33-24(18)19)12-16-11-17(26)6-9-21(16)31-2/h6-9,11-12,15,28H,3-5,10,13-14H2,1-2H3/b22-12-. The van der Waals surface area contributed by atoms with E-state index in [1.165, 1.54) is 6.07 Å². The molecule has 2 aliphatic heterocycles. The Kier molecular flexibility index (Phi) is 7.05. The number of esters is 1. The van der Waals surface area contributed by atoms with Crippen LogP contribution in [0.25, 0.3) is 6.08 Å². The Morgan fingerprint density at radius 1 is 1.33 bits per heavy atom. The first kappa shape index (κ1) is 23.3. The third-order valence-corrected chi connectivity index (χ3v) is 6.39. The van der Waals surface area contributed by atoms with Crippen LogP contribution in [-0.4, -0.2) is 48.6 Å². The fourth-order valence-corrected chi connectivity index (χ4v) is 4.66. The number of nitrogens with zero attached hydrogens (tertiary/aromatic N) is 1. The molecule has 33 heavy (non-hydrogen) atoms. The highest BCUT2D eigenvalue weighted by molar-refractivity contribution is 9.10. The van der Waals surface area contributed by atoms with Gasteiger partial charge >= 0.3 is 5.97 Å². The molecular weight excluding hydrogens is 490 g/mol. The summed E-state index contributed by atoms with van der Waals surface area (Å²) in [5.41, 5.74) is 1.64. The number of allylic oxidation sites excluding steroid dienone is 1. The SMILES string of the molecule is CCOC(=O)C1CCCN(Cc2c(O)ccc3c2O/C(=C\c2cc(Br)ccc2OC)C3=O)C1. The quantitative estimate of drug-likeness (QED) is 0.445. The topological polar surface area (TPSA) is 85.3 Å². The molecule has 0 bridgehead atoms. The summed E-state index contributed by atoms with van der Waals surface area (Å²) in [5.74, 6) is 0.551. The van der Waals surface area contributed by atoms with Crippen molar-refractivity contribution in [3.8, 4) is 17.2 Å². The van der Waals surface area contributed by atoms with E-state index in [0.717, 1.165) is 23.9 Å². The molecule has 2 aromatic rings. The van der Waals surface area contributed by atoms with E-state index < -0.39 is 0 Å². The molecule has 7 nitrogen and oxygen atoms in total. The zero-order valence-electron chi connectivity index (χ0n) is 18.6. The van der Waals surface area contributed by atoms with Gasteiger partial charge in [-0.15, -0.1) is 0 Å². The first-order valence-electron chi connectivity index (χ1n) is 10.9. The van der Waals surface area contributed by atoms with E-state index in [1.807, 2.05) is 12.1 Å². The number of carbonyl (C=O) groups is 2. The van der Waals surface area contributed by atoms with E-state index >= 15 is 0 Å². The second-order valence-corrected chi connectivity index (χ2v) is 9.01. The van der Waals surface area contributed by atoms with Gasteiger partial charge in [-0.3, -0.25) is 14.5 Å². The van der Waals surface area contributed by atoms with Crippen LogP contribution in [0.4, 0.5) is 0 Å². The molecule has 1 fully saturated rings. The fourth-order valence-electron chi connectivity index (χ4n) is 4.28. The lowest BCUT2D eigenvalue weighted by molar-refractivity contribution is -0.150. The van der Waals surface area contributed by atoms with Crippen LogP contribution in [0.15, 0.2) is 40.6 Å². The lowest BCUT2D eigenvalue weighted by Crippen LogP contribution is -2.39. The van der Waals surface area contributed by atoms with E-state index in [2.05, 4.69) is 20.8 Å². The Bertz CT molecular complexity index is 1110. The van der Waals surface area contributed by atoms with Gasteiger partial charge in [0.05, 0.1) is 30.8 Å². The molecule has 1 saturated heterocycles. The Balaban J connectivity index is 1.60. The van der Waals surface area contributed by atoms with Gasteiger partial charge in [-0.2, -0.15) is 0 Å². The largest absolute Gasteiger partial charge is 0.507 e. The molecule has 0 amide bonds. The molecule has 1 N–H and O–H groups in total. The van der Waals surface area contributed by atoms with Crippen molar-refractivity contribution < 1.29 is 28.9 Å². The third kappa shape index (κ3) is 4.91. The number of methoxy groups -OCH3 is 1. The van der Waals surface area contributed by atoms with Gasteiger partial charge in [0.25, 0.3) is 0 Å². The zero-order valence-corrected chi connectivity index (χ0v) is 20.2. The van der Waals surface area contributed by atoms with Gasteiger partial charge in [-0.05, 0) is 62.7 Å². The van der Waals surface area contributed by atoms with Crippen LogP contribution in [-0.2, 0) is 16.1 Å². The normalized spacial score (nSPS) is 19.3. The van der Waals surface area contributed by atoms with Crippen LogP contribution in [0, 0.1) is 5.92 Å². The number of carbonyl (C=O) groups excluding carboxylic acids is 2. The number of fused-ring (bicyclic) bond motifs is 1. The molecule has 2 aliphatic rings. The maximum absolute atomic E-state index is 13.1. The minimum absolute atomic E-state index is 0.0566. The second-order valence-electron chi connectivity index (χ2n) is 8.09. The highest BCUT2D eigenvalue weighted by atomic mass is 79.9. The van der Waals surface area contributed by atoms with Crippen molar-refractivity contribution >= 4 is 33.8 Å². The van der Waals surface area contributed by atoms with Crippen LogP contribution in [0.3, 0.4) is 0 Å². The highest BCUT2D eigenvalue weighted by Gasteiger charge is 2.33. The van der Waals surface area contributed by atoms with E-state index in [1.54, 1.807) is 32.2 Å².